The number of hydrogen-bond donors (Lipinski definition) is 2. The van der Waals surface area contributed by atoms with E-state index >= 15 is 0 Å². The quantitative estimate of drug-likeness (QED) is 0.289. The molecule has 5 aromatic rings. The van der Waals surface area contributed by atoms with E-state index in [4.69, 9.17) is 19.4 Å². The molecule has 0 saturated carbocycles. The maximum atomic E-state index is 6.27. The molecule has 2 saturated heterocycles. The van der Waals surface area contributed by atoms with Crippen LogP contribution in [-0.2, 0) is 0 Å². The van der Waals surface area contributed by atoms with Crippen LogP contribution in [0, 0.1) is 0 Å². The van der Waals surface area contributed by atoms with E-state index in [-0.39, 0.29) is 12.2 Å². The third kappa shape index (κ3) is 5.29. The number of imidazole rings is 2. The number of H-pyrrole nitrogens is 2. The lowest BCUT2D eigenvalue weighted by atomic mass is 10.1. The second-order valence-corrected chi connectivity index (χ2v) is 11.3. The number of ether oxygens (including phenoxy) is 2. The van der Waals surface area contributed by atoms with Gasteiger partial charge in [-0.2, -0.15) is 0 Å². The molecule has 0 bridgehead atoms. The Labute approximate surface area is 234 Å². The second-order valence-electron chi connectivity index (χ2n) is 11.3. The van der Waals surface area contributed by atoms with Crippen molar-refractivity contribution in [2.45, 2.75) is 37.9 Å². The molecule has 7 rings (SSSR count). The van der Waals surface area contributed by atoms with Crippen LogP contribution < -0.4 is 9.47 Å². The molecule has 8 heteroatoms. The van der Waals surface area contributed by atoms with Crippen LogP contribution in [0.4, 0.5) is 0 Å². The van der Waals surface area contributed by atoms with E-state index in [2.05, 4.69) is 70.3 Å². The Bertz CT molecular complexity index is 1490. The minimum absolute atomic E-state index is 0.278. The zero-order valence-electron chi connectivity index (χ0n) is 23.2. The standard InChI is InChI=1S/C32H36N6O2/c1-37-15-11-23(12-16-37)39-25-7-9-27-29(19-25)35-31(33-27)21-3-5-22(6-4-21)32-34-28-10-8-26(20-30(28)36-32)40-24-13-17-38(2)18-14-24/h3-10,19-20,23-24H,11-18H2,1-2H3,(H,33,35)(H,34,36). The Morgan fingerprint density at radius 3 is 1.40 bits per heavy atom. The van der Waals surface area contributed by atoms with Gasteiger partial charge in [-0.25, -0.2) is 9.97 Å². The van der Waals surface area contributed by atoms with Crippen LogP contribution >= 0.6 is 0 Å². The van der Waals surface area contributed by atoms with Gasteiger partial charge in [-0.1, -0.05) is 24.3 Å². The molecule has 0 spiro atoms. The molecule has 3 aromatic carbocycles. The van der Waals surface area contributed by atoms with Crippen LogP contribution in [0.5, 0.6) is 11.5 Å². The number of fused-ring (bicyclic) bond motifs is 2. The molecule has 206 valence electrons. The molecule has 40 heavy (non-hydrogen) atoms. The first kappa shape index (κ1) is 25.1. The molecule has 2 fully saturated rings. The largest absolute Gasteiger partial charge is 0.490 e. The summed E-state index contributed by atoms with van der Waals surface area (Å²) < 4.78 is 12.5. The van der Waals surface area contributed by atoms with Gasteiger partial charge in [0.2, 0.25) is 0 Å². The predicted octanol–water partition coefficient (Wildman–Crippen LogP) is 5.72. The monoisotopic (exact) mass is 536 g/mol. The van der Waals surface area contributed by atoms with Crippen molar-refractivity contribution < 1.29 is 9.47 Å². The van der Waals surface area contributed by atoms with E-state index in [9.17, 15) is 0 Å². The predicted molar refractivity (Wildman–Crippen MR) is 159 cm³/mol. The second kappa shape index (κ2) is 10.6. The molecule has 2 N–H and O–H groups in total. The van der Waals surface area contributed by atoms with Crippen LogP contribution in [0.15, 0.2) is 60.7 Å². The first-order chi connectivity index (χ1) is 19.6. The number of likely N-dealkylation sites (tertiary alicyclic amines) is 2. The smallest absolute Gasteiger partial charge is 0.138 e. The number of aromatic amines is 2. The summed E-state index contributed by atoms with van der Waals surface area (Å²) in [5.74, 6) is 3.49. The molecule has 0 aliphatic carbocycles. The van der Waals surface area contributed by atoms with Crippen molar-refractivity contribution in [3.05, 3.63) is 60.7 Å². The number of nitrogens with zero attached hydrogens (tertiary/aromatic N) is 4. The molecule has 2 aromatic heterocycles. The van der Waals surface area contributed by atoms with Crippen molar-refractivity contribution in [1.82, 2.24) is 29.7 Å². The van der Waals surface area contributed by atoms with Crippen LogP contribution in [0.3, 0.4) is 0 Å². The van der Waals surface area contributed by atoms with Crippen LogP contribution in [0.25, 0.3) is 44.8 Å². The summed E-state index contributed by atoms with van der Waals surface area (Å²) in [6.45, 7) is 4.33. The highest BCUT2D eigenvalue weighted by Gasteiger charge is 2.20. The first-order valence-electron chi connectivity index (χ1n) is 14.4. The fraction of sp³-hybridized carbons (Fsp3) is 0.375. The van der Waals surface area contributed by atoms with Crippen LogP contribution in [0.2, 0.25) is 0 Å². The molecule has 8 nitrogen and oxygen atoms in total. The molecule has 4 heterocycles. The van der Waals surface area contributed by atoms with Gasteiger partial charge in [0.15, 0.2) is 0 Å². The molecular formula is C32H36N6O2. The van der Waals surface area contributed by atoms with Gasteiger partial charge in [-0.3, -0.25) is 0 Å². The van der Waals surface area contributed by atoms with E-state index in [0.717, 1.165) is 108 Å². The lowest BCUT2D eigenvalue weighted by Crippen LogP contribution is -2.35. The maximum Gasteiger partial charge on any atom is 0.138 e. The number of aromatic nitrogens is 4. The van der Waals surface area contributed by atoms with Gasteiger partial charge in [0.05, 0.1) is 22.1 Å². The van der Waals surface area contributed by atoms with E-state index in [0.29, 0.717) is 0 Å². The van der Waals surface area contributed by atoms with Gasteiger partial charge < -0.3 is 29.2 Å². The highest BCUT2D eigenvalue weighted by Crippen LogP contribution is 2.29. The van der Waals surface area contributed by atoms with Gasteiger partial charge in [-0.05, 0) is 64.0 Å². The van der Waals surface area contributed by atoms with Gasteiger partial charge >= 0.3 is 0 Å². The molecule has 0 radical (unpaired) electrons. The molecular weight excluding hydrogens is 500 g/mol. The van der Waals surface area contributed by atoms with E-state index in [1.807, 2.05) is 24.3 Å². The lowest BCUT2D eigenvalue weighted by Gasteiger charge is -2.29. The van der Waals surface area contributed by atoms with Crippen molar-refractivity contribution in [2.75, 3.05) is 40.3 Å². The molecule has 0 amide bonds. The third-order valence-corrected chi connectivity index (χ3v) is 8.28. The Balaban J connectivity index is 1.05. The van der Waals surface area contributed by atoms with Gasteiger partial charge in [0.1, 0.15) is 35.4 Å². The number of hydrogen-bond acceptors (Lipinski definition) is 6. The summed E-state index contributed by atoms with van der Waals surface area (Å²) >= 11 is 0. The zero-order chi connectivity index (χ0) is 27.1. The minimum Gasteiger partial charge on any atom is -0.490 e. The topological polar surface area (TPSA) is 82.3 Å². The van der Waals surface area contributed by atoms with Crippen molar-refractivity contribution in [2.24, 2.45) is 0 Å². The number of benzene rings is 3. The number of rotatable bonds is 6. The van der Waals surface area contributed by atoms with Crippen LogP contribution in [-0.4, -0.2) is 82.2 Å². The third-order valence-electron chi connectivity index (χ3n) is 8.28. The van der Waals surface area contributed by atoms with Crippen molar-refractivity contribution in [3.63, 3.8) is 0 Å². The minimum atomic E-state index is 0.278. The molecule has 2 aliphatic rings. The molecule has 0 atom stereocenters. The average molecular weight is 537 g/mol. The Kier molecular flexibility index (Phi) is 6.65. The summed E-state index contributed by atoms with van der Waals surface area (Å²) in [5.41, 5.74) is 5.90. The summed E-state index contributed by atoms with van der Waals surface area (Å²) in [6.07, 6.45) is 4.81. The highest BCUT2D eigenvalue weighted by molar-refractivity contribution is 5.82. The van der Waals surface area contributed by atoms with Crippen molar-refractivity contribution in [3.8, 4) is 34.3 Å². The Morgan fingerprint density at radius 1 is 0.600 bits per heavy atom. The lowest BCUT2D eigenvalue weighted by molar-refractivity contribution is 0.114. The fourth-order valence-corrected chi connectivity index (χ4v) is 5.77. The van der Waals surface area contributed by atoms with Gasteiger partial charge in [-0.15, -0.1) is 0 Å². The maximum absolute atomic E-state index is 6.27. The number of piperidine rings is 2. The zero-order valence-corrected chi connectivity index (χ0v) is 23.2. The van der Waals surface area contributed by atoms with E-state index in [1.54, 1.807) is 0 Å². The average Bonchev–Trinajstić information content (AvgIpc) is 3.60. The summed E-state index contributed by atoms with van der Waals surface area (Å²) in [4.78, 5) is 21.3. The fourth-order valence-electron chi connectivity index (χ4n) is 5.77. The summed E-state index contributed by atoms with van der Waals surface area (Å²) in [7, 11) is 4.33. The van der Waals surface area contributed by atoms with Gasteiger partial charge in [0, 0.05) is 49.4 Å². The SMILES string of the molecule is CN1CCC(Oc2ccc3nc(-c4ccc(-c5nc6ccc(OC7CCN(C)CC7)cc6[nH]5)cc4)[nH]c3c2)CC1. The Hall–Kier alpha value is -3.88. The van der Waals surface area contributed by atoms with E-state index in [1.165, 1.54) is 0 Å². The molecule has 2 aliphatic heterocycles. The van der Waals surface area contributed by atoms with Crippen molar-refractivity contribution >= 4 is 22.1 Å². The number of nitrogens with one attached hydrogen (secondary N) is 2. The molecule has 0 unspecified atom stereocenters. The van der Waals surface area contributed by atoms with Crippen LogP contribution in [0.1, 0.15) is 25.7 Å². The van der Waals surface area contributed by atoms with Gasteiger partial charge in [0.25, 0.3) is 0 Å². The summed E-state index contributed by atoms with van der Waals surface area (Å²) in [6, 6.07) is 20.6. The highest BCUT2D eigenvalue weighted by atomic mass is 16.5. The van der Waals surface area contributed by atoms with Crippen molar-refractivity contribution in [1.29, 1.82) is 0 Å². The van der Waals surface area contributed by atoms with E-state index < -0.39 is 0 Å². The summed E-state index contributed by atoms with van der Waals surface area (Å²) in [5, 5.41) is 0. The normalized spacial score (nSPS) is 18.1. The first-order valence-corrected chi connectivity index (χ1v) is 14.4. The Morgan fingerprint density at radius 2 is 1.00 bits per heavy atom.